The maximum Gasteiger partial charge on any atom is 0.242 e. The van der Waals surface area contributed by atoms with E-state index in [0.29, 0.717) is 36.0 Å². The minimum absolute atomic E-state index is 0.0110. The van der Waals surface area contributed by atoms with Crippen LogP contribution in [0.2, 0.25) is 0 Å². The van der Waals surface area contributed by atoms with Gasteiger partial charge >= 0.3 is 0 Å². The smallest absolute Gasteiger partial charge is 0.242 e. The Kier molecular flexibility index (Phi) is 9.36. The van der Waals surface area contributed by atoms with Crippen molar-refractivity contribution in [3.8, 4) is 11.5 Å². The predicted molar refractivity (Wildman–Crippen MR) is 139 cm³/mol. The molecule has 1 N–H and O–H groups in total. The summed E-state index contributed by atoms with van der Waals surface area (Å²) in [5.41, 5.74) is 1.08. The fraction of sp³-hybridized carbons (Fsp3) is 0.462. The van der Waals surface area contributed by atoms with Gasteiger partial charge in [-0.25, -0.2) is 12.8 Å². The second-order valence-electron chi connectivity index (χ2n) is 9.25. The van der Waals surface area contributed by atoms with E-state index in [0.717, 1.165) is 6.26 Å². The van der Waals surface area contributed by atoms with E-state index in [9.17, 15) is 22.4 Å². The predicted octanol–water partition coefficient (Wildman–Crippen LogP) is 3.09. The number of sulfonamides is 1. The van der Waals surface area contributed by atoms with E-state index in [2.05, 4.69) is 5.32 Å². The minimum Gasteiger partial charge on any atom is -0.486 e. The Hall–Kier alpha value is -3.34. The molecular formula is C26H34FN3O6S. The van der Waals surface area contributed by atoms with Crippen LogP contribution in [0.1, 0.15) is 39.2 Å². The zero-order chi connectivity index (χ0) is 27.2. The minimum atomic E-state index is -3.65. The molecule has 1 heterocycles. The number of benzene rings is 2. The first-order valence-electron chi connectivity index (χ1n) is 12.2. The van der Waals surface area contributed by atoms with Crippen LogP contribution in [0.15, 0.2) is 42.5 Å². The fourth-order valence-electron chi connectivity index (χ4n) is 3.97. The van der Waals surface area contributed by atoms with Crippen LogP contribution in [-0.4, -0.2) is 63.2 Å². The molecule has 0 spiro atoms. The standard InChI is InChI=1S/C26H34FN3O6S/c1-18(2)28-26(32)19(3)29(17-20-7-9-21(27)10-8-20)25(31)6-5-13-30(37(4,33)34)22-11-12-23-24(16-22)36-15-14-35-23/h7-12,16,18-19H,5-6,13-15,17H2,1-4H3,(H,28,32). The average Bonchev–Trinajstić information content (AvgIpc) is 2.84. The zero-order valence-corrected chi connectivity index (χ0v) is 22.4. The van der Waals surface area contributed by atoms with Gasteiger partial charge in [0.05, 0.1) is 11.9 Å². The van der Waals surface area contributed by atoms with Crippen LogP contribution in [0.3, 0.4) is 0 Å². The highest BCUT2D eigenvalue weighted by molar-refractivity contribution is 7.92. The number of carbonyl (C=O) groups is 2. The summed E-state index contributed by atoms with van der Waals surface area (Å²) >= 11 is 0. The monoisotopic (exact) mass is 535 g/mol. The van der Waals surface area contributed by atoms with Crippen molar-refractivity contribution >= 4 is 27.5 Å². The number of rotatable bonds is 11. The second kappa shape index (κ2) is 12.3. The number of nitrogens with zero attached hydrogens (tertiary/aromatic N) is 2. The number of carbonyl (C=O) groups excluding carboxylic acids is 2. The van der Waals surface area contributed by atoms with Crippen molar-refractivity contribution < 1.29 is 31.9 Å². The first kappa shape index (κ1) is 28.2. The topological polar surface area (TPSA) is 105 Å². The van der Waals surface area contributed by atoms with E-state index >= 15 is 0 Å². The van der Waals surface area contributed by atoms with Crippen LogP contribution in [0.4, 0.5) is 10.1 Å². The summed E-state index contributed by atoms with van der Waals surface area (Å²) in [6, 6.07) is 9.75. The van der Waals surface area contributed by atoms with E-state index < -0.39 is 21.9 Å². The second-order valence-corrected chi connectivity index (χ2v) is 11.2. The average molecular weight is 536 g/mol. The van der Waals surface area contributed by atoms with Gasteiger partial charge in [-0.3, -0.25) is 13.9 Å². The molecule has 0 radical (unpaired) electrons. The van der Waals surface area contributed by atoms with Crippen molar-refractivity contribution in [1.82, 2.24) is 10.2 Å². The molecule has 2 aromatic carbocycles. The lowest BCUT2D eigenvalue weighted by Crippen LogP contribution is -2.49. The van der Waals surface area contributed by atoms with Gasteiger partial charge in [0.2, 0.25) is 21.8 Å². The number of ether oxygens (including phenoxy) is 2. The molecule has 3 rings (SSSR count). The molecule has 0 aromatic heterocycles. The van der Waals surface area contributed by atoms with Crippen molar-refractivity contribution in [2.45, 2.75) is 52.2 Å². The molecule has 37 heavy (non-hydrogen) atoms. The van der Waals surface area contributed by atoms with Crippen LogP contribution >= 0.6 is 0 Å². The highest BCUT2D eigenvalue weighted by Gasteiger charge is 2.27. The van der Waals surface area contributed by atoms with Crippen molar-refractivity contribution in [2.75, 3.05) is 30.3 Å². The highest BCUT2D eigenvalue weighted by Crippen LogP contribution is 2.34. The molecule has 0 saturated carbocycles. The third-order valence-corrected chi connectivity index (χ3v) is 7.02. The summed E-state index contributed by atoms with van der Waals surface area (Å²) in [7, 11) is -3.65. The van der Waals surface area contributed by atoms with Crippen LogP contribution in [0.5, 0.6) is 11.5 Å². The molecular weight excluding hydrogens is 501 g/mol. The Balaban J connectivity index is 1.73. The van der Waals surface area contributed by atoms with Gasteiger partial charge in [-0.1, -0.05) is 12.1 Å². The first-order valence-corrected chi connectivity index (χ1v) is 14.0. The van der Waals surface area contributed by atoms with Gasteiger partial charge in [-0.15, -0.1) is 0 Å². The number of amides is 2. The molecule has 0 fully saturated rings. The summed E-state index contributed by atoms with van der Waals surface area (Å²) in [4.78, 5) is 27.4. The van der Waals surface area contributed by atoms with Gasteiger partial charge < -0.3 is 19.7 Å². The normalized spacial score (nSPS) is 13.7. The van der Waals surface area contributed by atoms with E-state index in [1.807, 2.05) is 13.8 Å². The summed E-state index contributed by atoms with van der Waals surface area (Å²) in [6.07, 6.45) is 1.33. The maximum atomic E-state index is 13.4. The Labute approximate surface area is 217 Å². The molecule has 0 saturated heterocycles. The molecule has 1 aliphatic heterocycles. The molecule has 0 aliphatic carbocycles. The van der Waals surface area contributed by atoms with Crippen molar-refractivity contribution in [1.29, 1.82) is 0 Å². The summed E-state index contributed by atoms with van der Waals surface area (Å²) in [6.45, 7) is 6.26. The largest absolute Gasteiger partial charge is 0.486 e. The SMILES string of the molecule is CC(C)NC(=O)C(C)N(Cc1ccc(F)cc1)C(=O)CCCN(c1ccc2c(c1)OCCO2)S(C)(=O)=O. The number of nitrogens with one attached hydrogen (secondary N) is 1. The van der Waals surface area contributed by atoms with Crippen molar-refractivity contribution in [3.05, 3.63) is 53.8 Å². The van der Waals surface area contributed by atoms with Crippen molar-refractivity contribution in [3.63, 3.8) is 0 Å². The maximum absolute atomic E-state index is 13.4. The van der Waals surface area contributed by atoms with E-state index in [1.165, 1.54) is 21.3 Å². The molecule has 2 aromatic rings. The van der Waals surface area contributed by atoms with Gasteiger partial charge in [0.25, 0.3) is 0 Å². The molecule has 1 unspecified atom stereocenters. The molecule has 1 atom stereocenters. The number of halogens is 1. The number of hydrogen-bond acceptors (Lipinski definition) is 6. The third kappa shape index (κ3) is 7.82. The Morgan fingerprint density at radius 2 is 1.68 bits per heavy atom. The van der Waals surface area contributed by atoms with Crippen LogP contribution in [0, 0.1) is 5.82 Å². The molecule has 11 heteroatoms. The van der Waals surface area contributed by atoms with Crippen LogP contribution in [-0.2, 0) is 26.2 Å². The Morgan fingerprint density at radius 3 is 2.30 bits per heavy atom. The van der Waals surface area contributed by atoms with Gasteiger partial charge in [-0.2, -0.15) is 0 Å². The number of anilines is 1. The summed E-state index contributed by atoms with van der Waals surface area (Å²) < 4.78 is 50.8. The van der Waals surface area contributed by atoms with Crippen LogP contribution < -0.4 is 19.1 Å². The molecule has 2 amide bonds. The highest BCUT2D eigenvalue weighted by atomic mass is 32.2. The Bertz CT molecular complexity index is 1200. The molecule has 202 valence electrons. The van der Waals surface area contributed by atoms with Crippen molar-refractivity contribution in [2.24, 2.45) is 0 Å². The third-order valence-electron chi connectivity index (χ3n) is 5.83. The first-order chi connectivity index (χ1) is 17.5. The lowest BCUT2D eigenvalue weighted by atomic mass is 10.1. The molecule has 9 nitrogen and oxygen atoms in total. The number of hydrogen-bond donors (Lipinski definition) is 1. The zero-order valence-electron chi connectivity index (χ0n) is 21.6. The van der Waals surface area contributed by atoms with Crippen LogP contribution in [0.25, 0.3) is 0 Å². The Morgan fingerprint density at radius 1 is 1.03 bits per heavy atom. The van der Waals surface area contributed by atoms with Gasteiger partial charge in [0.1, 0.15) is 25.1 Å². The van der Waals surface area contributed by atoms with Gasteiger partial charge in [-0.05, 0) is 57.0 Å². The lowest BCUT2D eigenvalue weighted by molar-refractivity contribution is -0.140. The fourth-order valence-corrected chi connectivity index (χ4v) is 4.92. The van der Waals surface area contributed by atoms with Gasteiger partial charge in [0.15, 0.2) is 11.5 Å². The van der Waals surface area contributed by atoms with E-state index in [1.54, 1.807) is 37.3 Å². The quantitative estimate of drug-likeness (QED) is 0.474. The molecule has 0 bridgehead atoms. The molecule has 1 aliphatic rings. The van der Waals surface area contributed by atoms with E-state index in [4.69, 9.17) is 9.47 Å². The number of fused-ring (bicyclic) bond motifs is 1. The van der Waals surface area contributed by atoms with Gasteiger partial charge in [0, 0.05) is 31.6 Å². The summed E-state index contributed by atoms with van der Waals surface area (Å²) in [5.74, 6) is -0.00856. The van der Waals surface area contributed by atoms with E-state index in [-0.39, 0.29) is 43.8 Å². The lowest BCUT2D eigenvalue weighted by Gasteiger charge is -2.30. The summed E-state index contributed by atoms with van der Waals surface area (Å²) in [5, 5.41) is 2.81.